The van der Waals surface area contributed by atoms with Crippen molar-refractivity contribution in [2.45, 2.75) is 56.8 Å². The number of esters is 1. The van der Waals surface area contributed by atoms with E-state index in [1.165, 1.54) is 6.92 Å². The van der Waals surface area contributed by atoms with Gasteiger partial charge in [0.05, 0.1) is 32.1 Å². The summed E-state index contributed by atoms with van der Waals surface area (Å²) in [5.74, 6) is -1.65. The van der Waals surface area contributed by atoms with Gasteiger partial charge in [0.2, 0.25) is 5.82 Å². The van der Waals surface area contributed by atoms with Crippen LogP contribution in [0.15, 0.2) is 58.3 Å². The predicted molar refractivity (Wildman–Crippen MR) is 146 cm³/mol. The summed E-state index contributed by atoms with van der Waals surface area (Å²) in [6.07, 6.45) is -2.17. The van der Waals surface area contributed by atoms with Gasteiger partial charge in [-0.25, -0.2) is 9.36 Å². The monoisotopic (exact) mass is 607 g/mol. The summed E-state index contributed by atoms with van der Waals surface area (Å²) in [5.41, 5.74) is -2.11. The molecule has 0 saturated carbocycles. The molecule has 0 aliphatic carbocycles. The van der Waals surface area contributed by atoms with Gasteiger partial charge in [-0.05, 0) is 18.4 Å². The molecule has 3 N–H and O–H groups in total. The lowest BCUT2D eigenvalue weighted by Crippen LogP contribution is -2.39. The third kappa shape index (κ3) is 6.97. The van der Waals surface area contributed by atoms with Gasteiger partial charge in [0.25, 0.3) is 5.56 Å². The number of benzene rings is 2. The molecule has 5 rings (SSSR count). The largest absolute Gasteiger partial charge is 0.461 e. The Morgan fingerprint density at radius 1 is 1.21 bits per heavy atom. The summed E-state index contributed by atoms with van der Waals surface area (Å²) >= 11 is 0. The Balaban J connectivity index is 1.33. The maximum atomic E-state index is 14.1. The van der Waals surface area contributed by atoms with Crippen molar-refractivity contribution in [2.75, 3.05) is 19.8 Å². The molecule has 2 aliphatic rings. The maximum absolute atomic E-state index is 14.1. The van der Waals surface area contributed by atoms with E-state index >= 15 is 0 Å². The van der Waals surface area contributed by atoms with Gasteiger partial charge in [-0.1, -0.05) is 36.4 Å². The number of aromatic nitrogens is 2. The zero-order valence-corrected chi connectivity index (χ0v) is 23.5. The van der Waals surface area contributed by atoms with Crippen LogP contribution in [0.25, 0.3) is 10.8 Å². The average molecular weight is 608 g/mol. The molecule has 1 aromatic heterocycles. The second-order valence-corrected chi connectivity index (χ2v) is 11.7. The van der Waals surface area contributed by atoms with Gasteiger partial charge < -0.3 is 23.8 Å². The summed E-state index contributed by atoms with van der Waals surface area (Å²) in [7, 11) is -4.35. The maximum Gasteiger partial charge on any atom is 0.459 e. The standard InChI is InChI=1S/C27H31FN3O10P/c1-16(26(34)39-18-9-11-37-12-10-18)30-42(36,41-22-8-4-6-17-5-2-3-7-19(17)22)38-15-23-21(32)13-24(40-23)31-14-20(28)25(33)29-27(31)35/h2-8,14,16,18,21,23-24,32H,9-13,15H2,1H3,(H,30,36)(H,29,33,35)/t16-,21+,23+,24+,42?/m0/s1. The van der Waals surface area contributed by atoms with E-state index < -0.39 is 61.9 Å². The molecule has 2 aliphatic heterocycles. The van der Waals surface area contributed by atoms with Gasteiger partial charge in [0.15, 0.2) is 0 Å². The molecule has 5 atom stereocenters. The van der Waals surface area contributed by atoms with E-state index in [9.17, 15) is 28.4 Å². The Labute approximate surface area is 239 Å². The lowest BCUT2D eigenvalue weighted by atomic mass is 10.1. The molecule has 15 heteroatoms. The Hall–Kier alpha value is -3.39. The van der Waals surface area contributed by atoms with Crippen molar-refractivity contribution < 1.29 is 42.1 Å². The number of halogens is 1. The molecule has 0 radical (unpaired) electrons. The molecule has 3 aromatic rings. The lowest BCUT2D eigenvalue weighted by Gasteiger charge is -2.27. The molecule has 0 spiro atoms. The second kappa shape index (κ2) is 12.9. The van der Waals surface area contributed by atoms with Gasteiger partial charge in [0, 0.05) is 24.6 Å². The van der Waals surface area contributed by atoms with Crippen LogP contribution in [0.4, 0.5) is 4.39 Å². The number of fused-ring (bicyclic) bond motifs is 1. The molecule has 42 heavy (non-hydrogen) atoms. The number of carbonyl (C=O) groups is 1. The van der Waals surface area contributed by atoms with Crippen molar-refractivity contribution >= 4 is 24.5 Å². The van der Waals surface area contributed by atoms with Crippen molar-refractivity contribution in [3.8, 4) is 5.75 Å². The molecule has 3 heterocycles. The van der Waals surface area contributed by atoms with Crippen LogP contribution in [-0.2, 0) is 28.1 Å². The van der Waals surface area contributed by atoms with Crippen molar-refractivity contribution in [1.29, 1.82) is 0 Å². The lowest BCUT2D eigenvalue weighted by molar-refractivity contribution is -0.154. The third-order valence-electron chi connectivity index (χ3n) is 6.97. The van der Waals surface area contributed by atoms with Crippen LogP contribution in [0, 0.1) is 5.82 Å². The van der Waals surface area contributed by atoms with E-state index in [2.05, 4.69) is 5.09 Å². The fourth-order valence-corrected chi connectivity index (χ4v) is 6.25. The number of ether oxygens (including phenoxy) is 3. The van der Waals surface area contributed by atoms with E-state index in [0.29, 0.717) is 37.6 Å². The molecule has 0 bridgehead atoms. The van der Waals surface area contributed by atoms with Gasteiger partial charge in [-0.15, -0.1) is 0 Å². The van der Waals surface area contributed by atoms with Crippen molar-refractivity contribution in [3.05, 3.63) is 75.3 Å². The van der Waals surface area contributed by atoms with E-state index in [-0.39, 0.29) is 18.3 Å². The minimum Gasteiger partial charge on any atom is -0.461 e. The highest BCUT2D eigenvalue weighted by Gasteiger charge is 2.40. The number of nitrogens with zero attached hydrogens (tertiary/aromatic N) is 1. The highest BCUT2D eigenvalue weighted by atomic mass is 31.2. The topological polar surface area (TPSA) is 167 Å². The van der Waals surface area contributed by atoms with Crippen LogP contribution >= 0.6 is 7.75 Å². The first-order valence-electron chi connectivity index (χ1n) is 13.4. The van der Waals surface area contributed by atoms with Gasteiger partial charge in [-0.3, -0.25) is 23.7 Å². The summed E-state index contributed by atoms with van der Waals surface area (Å²) in [4.78, 5) is 38.2. The molecule has 226 valence electrons. The number of aliphatic hydroxyl groups is 1. The third-order valence-corrected chi connectivity index (χ3v) is 8.60. The van der Waals surface area contributed by atoms with Crippen LogP contribution in [0.2, 0.25) is 0 Å². The molecular formula is C27H31FN3O10P. The molecule has 0 amide bonds. The zero-order chi connectivity index (χ0) is 29.9. The molecule has 2 fully saturated rings. The van der Waals surface area contributed by atoms with E-state index in [4.69, 9.17) is 23.3 Å². The SMILES string of the molecule is C[C@H](NP(=O)(OC[C@H]1O[C@@H](n2cc(F)c(=O)[nH]c2=O)C[C@H]1O)Oc1cccc2ccccc12)C(=O)OC1CCOCC1. The average Bonchev–Trinajstić information content (AvgIpc) is 3.34. The molecular weight excluding hydrogens is 576 g/mol. The van der Waals surface area contributed by atoms with Crippen molar-refractivity contribution in [2.24, 2.45) is 0 Å². The molecule has 2 saturated heterocycles. The Kier molecular flexibility index (Phi) is 9.21. The number of aliphatic hydroxyl groups excluding tert-OH is 1. The number of H-pyrrole nitrogens is 1. The highest BCUT2D eigenvalue weighted by Crippen LogP contribution is 2.47. The van der Waals surface area contributed by atoms with Gasteiger partial charge in [-0.2, -0.15) is 9.48 Å². The van der Waals surface area contributed by atoms with E-state index in [1.54, 1.807) is 24.3 Å². The first-order chi connectivity index (χ1) is 20.1. The van der Waals surface area contributed by atoms with Crippen LogP contribution in [-0.4, -0.2) is 64.8 Å². The van der Waals surface area contributed by atoms with Gasteiger partial charge >= 0.3 is 19.4 Å². The number of aromatic amines is 1. The Bertz CT molecular complexity index is 1580. The van der Waals surface area contributed by atoms with Crippen LogP contribution in [0.3, 0.4) is 0 Å². The first kappa shape index (κ1) is 30.1. The summed E-state index contributed by atoms with van der Waals surface area (Å²) in [5, 5.41) is 14.7. The quantitative estimate of drug-likeness (QED) is 0.229. The summed E-state index contributed by atoms with van der Waals surface area (Å²) in [6.45, 7) is 1.90. The van der Waals surface area contributed by atoms with Crippen LogP contribution < -0.4 is 20.9 Å². The smallest absolute Gasteiger partial charge is 0.459 e. The first-order valence-corrected chi connectivity index (χ1v) is 15.0. The minimum atomic E-state index is -4.35. The van der Waals surface area contributed by atoms with Crippen molar-refractivity contribution in [1.82, 2.24) is 14.6 Å². The van der Waals surface area contributed by atoms with E-state index in [1.807, 2.05) is 23.2 Å². The number of nitrogens with one attached hydrogen (secondary N) is 2. The zero-order valence-electron chi connectivity index (χ0n) is 22.6. The number of carbonyl (C=O) groups excluding carboxylic acids is 1. The van der Waals surface area contributed by atoms with Gasteiger partial charge in [0.1, 0.15) is 30.2 Å². The molecule has 2 aromatic carbocycles. The molecule has 13 nitrogen and oxygen atoms in total. The Morgan fingerprint density at radius 3 is 2.74 bits per heavy atom. The highest BCUT2D eigenvalue weighted by molar-refractivity contribution is 7.52. The normalized spacial score (nSPS) is 23.4. The number of rotatable bonds is 10. The fourth-order valence-electron chi connectivity index (χ4n) is 4.73. The molecule has 1 unspecified atom stereocenters. The minimum absolute atomic E-state index is 0.144. The summed E-state index contributed by atoms with van der Waals surface area (Å²) in [6, 6.07) is 11.3. The van der Waals surface area contributed by atoms with Crippen molar-refractivity contribution in [3.63, 3.8) is 0 Å². The van der Waals surface area contributed by atoms with Crippen LogP contribution in [0.1, 0.15) is 32.4 Å². The fraction of sp³-hybridized carbons (Fsp3) is 0.444. The van der Waals surface area contributed by atoms with E-state index in [0.717, 1.165) is 9.95 Å². The van der Waals surface area contributed by atoms with Crippen LogP contribution in [0.5, 0.6) is 5.75 Å². The number of hydrogen-bond donors (Lipinski definition) is 3. The second-order valence-electron chi connectivity index (χ2n) is 10.0. The Morgan fingerprint density at radius 2 is 1.95 bits per heavy atom. The predicted octanol–water partition coefficient (Wildman–Crippen LogP) is 2.38. The number of hydrogen-bond acceptors (Lipinski definition) is 10. The summed E-state index contributed by atoms with van der Waals surface area (Å²) < 4.78 is 56.8.